The number of carbonyl (C=O) groups is 1. The van der Waals surface area contributed by atoms with E-state index in [0.717, 1.165) is 25.0 Å². The number of nitrogens with zero attached hydrogens (tertiary/aromatic N) is 1. The average Bonchev–Trinajstić information content (AvgIpc) is 2.74. The molecule has 3 N–H and O–H groups in total. The molecule has 1 heterocycles. The Morgan fingerprint density at radius 1 is 1.61 bits per heavy atom. The largest absolute Gasteiger partial charge is 0.396 e. The third kappa shape index (κ3) is 5.46. The van der Waals surface area contributed by atoms with Crippen molar-refractivity contribution in [3.05, 3.63) is 11.1 Å². The second-order valence-corrected chi connectivity index (χ2v) is 5.12. The number of thiazole rings is 1. The Balaban J connectivity index is 2.34. The fraction of sp³-hybridized carbons (Fsp3) is 0.667. The summed E-state index contributed by atoms with van der Waals surface area (Å²) < 4.78 is 0. The highest BCUT2D eigenvalue weighted by molar-refractivity contribution is 7.13. The van der Waals surface area contributed by atoms with E-state index in [9.17, 15) is 4.79 Å². The zero-order valence-corrected chi connectivity index (χ0v) is 11.7. The molecule has 18 heavy (non-hydrogen) atoms. The monoisotopic (exact) mass is 271 g/mol. The van der Waals surface area contributed by atoms with E-state index in [2.05, 4.69) is 22.5 Å². The standard InChI is InChI=1S/C12H21N3O2S/c1-3-5-10-8-18-12(14-10)15-11(17)13-9(2)6-4-7-16/h8-9,16H,3-7H2,1-2H3,(H2,13,14,15,17). The number of aromatic nitrogens is 1. The smallest absolute Gasteiger partial charge is 0.321 e. The number of hydrogen-bond acceptors (Lipinski definition) is 4. The zero-order chi connectivity index (χ0) is 13.4. The van der Waals surface area contributed by atoms with E-state index in [1.807, 2.05) is 12.3 Å². The summed E-state index contributed by atoms with van der Waals surface area (Å²) in [6, 6.07) is -0.190. The summed E-state index contributed by atoms with van der Waals surface area (Å²) in [5, 5.41) is 16.8. The molecule has 102 valence electrons. The van der Waals surface area contributed by atoms with Crippen LogP contribution in [0, 0.1) is 0 Å². The molecule has 2 amide bonds. The lowest BCUT2D eigenvalue weighted by molar-refractivity contribution is 0.245. The van der Waals surface area contributed by atoms with Gasteiger partial charge in [0, 0.05) is 18.0 Å². The summed E-state index contributed by atoms with van der Waals surface area (Å²) in [5.41, 5.74) is 1.02. The van der Waals surface area contributed by atoms with Gasteiger partial charge < -0.3 is 10.4 Å². The molecular weight excluding hydrogens is 250 g/mol. The van der Waals surface area contributed by atoms with Crippen LogP contribution >= 0.6 is 11.3 Å². The lowest BCUT2D eigenvalue weighted by Gasteiger charge is -2.12. The first-order chi connectivity index (χ1) is 8.65. The van der Waals surface area contributed by atoms with E-state index in [0.29, 0.717) is 11.6 Å². The Labute approximate surface area is 112 Å². The molecule has 1 rings (SSSR count). The fourth-order valence-corrected chi connectivity index (χ4v) is 2.30. The minimum atomic E-state index is -0.238. The maximum atomic E-state index is 11.6. The van der Waals surface area contributed by atoms with E-state index < -0.39 is 0 Å². The van der Waals surface area contributed by atoms with Gasteiger partial charge in [0.15, 0.2) is 5.13 Å². The molecule has 0 spiro atoms. The van der Waals surface area contributed by atoms with Crippen molar-refractivity contribution in [2.45, 2.75) is 45.6 Å². The first kappa shape index (κ1) is 14.9. The van der Waals surface area contributed by atoms with Crippen molar-refractivity contribution in [1.82, 2.24) is 10.3 Å². The molecule has 0 saturated carbocycles. The van der Waals surface area contributed by atoms with E-state index in [1.165, 1.54) is 11.3 Å². The topological polar surface area (TPSA) is 74.2 Å². The third-order valence-electron chi connectivity index (χ3n) is 2.45. The molecule has 0 aliphatic rings. The summed E-state index contributed by atoms with van der Waals surface area (Å²) in [5.74, 6) is 0. The Morgan fingerprint density at radius 3 is 3.06 bits per heavy atom. The highest BCUT2D eigenvalue weighted by Crippen LogP contribution is 2.16. The number of urea groups is 1. The molecule has 0 fully saturated rings. The molecule has 5 nitrogen and oxygen atoms in total. The Hall–Kier alpha value is -1.14. The van der Waals surface area contributed by atoms with Gasteiger partial charge in [-0.25, -0.2) is 9.78 Å². The molecule has 1 aromatic heterocycles. The van der Waals surface area contributed by atoms with Gasteiger partial charge in [0.1, 0.15) is 0 Å². The zero-order valence-electron chi connectivity index (χ0n) is 10.9. The van der Waals surface area contributed by atoms with Crippen LogP contribution in [-0.2, 0) is 6.42 Å². The van der Waals surface area contributed by atoms with Crippen LogP contribution in [0.25, 0.3) is 0 Å². The summed E-state index contributed by atoms with van der Waals surface area (Å²) in [6.07, 6.45) is 3.45. The number of aliphatic hydroxyl groups excluding tert-OH is 1. The number of amides is 2. The van der Waals surface area contributed by atoms with Crippen LogP contribution in [-0.4, -0.2) is 28.8 Å². The highest BCUT2D eigenvalue weighted by atomic mass is 32.1. The Morgan fingerprint density at radius 2 is 2.39 bits per heavy atom. The summed E-state index contributed by atoms with van der Waals surface area (Å²) in [4.78, 5) is 16.0. The lowest BCUT2D eigenvalue weighted by atomic mass is 10.2. The van der Waals surface area contributed by atoms with Gasteiger partial charge in [-0.3, -0.25) is 5.32 Å². The molecule has 0 aliphatic carbocycles. The maximum Gasteiger partial charge on any atom is 0.321 e. The van der Waals surface area contributed by atoms with Crippen molar-refractivity contribution in [2.75, 3.05) is 11.9 Å². The van der Waals surface area contributed by atoms with Crippen LogP contribution in [0.15, 0.2) is 5.38 Å². The predicted molar refractivity (Wildman–Crippen MR) is 74.0 cm³/mol. The molecule has 6 heteroatoms. The van der Waals surface area contributed by atoms with Gasteiger partial charge in [-0.15, -0.1) is 11.3 Å². The number of rotatable bonds is 7. The summed E-state index contributed by atoms with van der Waals surface area (Å²) >= 11 is 1.44. The Kier molecular flexibility index (Phi) is 6.67. The second-order valence-electron chi connectivity index (χ2n) is 4.26. The van der Waals surface area contributed by atoms with Gasteiger partial charge in [0.25, 0.3) is 0 Å². The maximum absolute atomic E-state index is 11.6. The molecule has 0 saturated heterocycles. The van der Waals surface area contributed by atoms with E-state index in [4.69, 9.17) is 5.11 Å². The first-order valence-corrected chi connectivity index (χ1v) is 7.16. The molecule has 1 atom stereocenters. The number of aryl methyl sites for hydroxylation is 1. The van der Waals surface area contributed by atoms with Crippen LogP contribution in [0.2, 0.25) is 0 Å². The molecular formula is C12H21N3O2S. The van der Waals surface area contributed by atoms with E-state index >= 15 is 0 Å². The van der Waals surface area contributed by atoms with Crippen LogP contribution in [0.5, 0.6) is 0 Å². The van der Waals surface area contributed by atoms with Crippen molar-refractivity contribution >= 4 is 22.5 Å². The van der Waals surface area contributed by atoms with Gasteiger partial charge in [-0.2, -0.15) is 0 Å². The normalized spacial score (nSPS) is 12.2. The lowest BCUT2D eigenvalue weighted by Crippen LogP contribution is -2.36. The quantitative estimate of drug-likeness (QED) is 0.713. The highest BCUT2D eigenvalue weighted by Gasteiger charge is 2.09. The van der Waals surface area contributed by atoms with Gasteiger partial charge >= 0.3 is 6.03 Å². The van der Waals surface area contributed by atoms with Gasteiger partial charge in [0.05, 0.1) is 5.69 Å². The second kappa shape index (κ2) is 8.05. The van der Waals surface area contributed by atoms with Crippen molar-refractivity contribution in [3.8, 4) is 0 Å². The number of hydrogen-bond donors (Lipinski definition) is 3. The summed E-state index contributed by atoms with van der Waals surface area (Å²) in [7, 11) is 0. The minimum absolute atomic E-state index is 0.0484. The van der Waals surface area contributed by atoms with Gasteiger partial charge in [-0.05, 0) is 26.2 Å². The van der Waals surface area contributed by atoms with Crippen molar-refractivity contribution < 1.29 is 9.90 Å². The van der Waals surface area contributed by atoms with Crippen molar-refractivity contribution in [2.24, 2.45) is 0 Å². The Bertz CT molecular complexity index is 368. The van der Waals surface area contributed by atoms with Crippen molar-refractivity contribution in [1.29, 1.82) is 0 Å². The van der Waals surface area contributed by atoms with E-state index in [1.54, 1.807) is 0 Å². The van der Waals surface area contributed by atoms with Crippen LogP contribution in [0.1, 0.15) is 38.8 Å². The van der Waals surface area contributed by atoms with Crippen LogP contribution in [0.4, 0.5) is 9.93 Å². The number of nitrogens with one attached hydrogen (secondary N) is 2. The molecule has 1 unspecified atom stereocenters. The molecule has 0 bridgehead atoms. The number of aliphatic hydroxyl groups is 1. The number of carbonyl (C=O) groups excluding carboxylic acids is 1. The molecule has 0 aliphatic heterocycles. The first-order valence-electron chi connectivity index (χ1n) is 6.28. The minimum Gasteiger partial charge on any atom is -0.396 e. The van der Waals surface area contributed by atoms with Crippen LogP contribution in [0.3, 0.4) is 0 Å². The number of anilines is 1. The summed E-state index contributed by atoms with van der Waals surface area (Å²) in [6.45, 7) is 4.17. The molecule has 0 aromatic carbocycles. The van der Waals surface area contributed by atoms with E-state index in [-0.39, 0.29) is 18.7 Å². The average molecular weight is 271 g/mol. The fourth-order valence-electron chi connectivity index (χ4n) is 1.56. The molecule has 0 radical (unpaired) electrons. The van der Waals surface area contributed by atoms with Gasteiger partial charge in [-0.1, -0.05) is 13.3 Å². The van der Waals surface area contributed by atoms with Crippen molar-refractivity contribution in [3.63, 3.8) is 0 Å². The SMILES string of the molecule is CCCc1csc(NC(=O)NC(C)CCCO)n1. The molecule has 1 aromatic rings. The third-order valence-corrected chi connectivity index (χ3v) is 3.26. The predicted octanol–water partition coefficient (Wildman–Crippen LogP) is 2.38. The van der Waals surface area contributed by atoms with Gasteiger partial charge in [0.2, 0.25) is 0 Å². The van der Waals surface area contributed by atoms with Crippen LogP contribution < -0.4 is 10.6 Å².